The van der Waals surface area contributed by atoms with Crippen LogP contribution in [0.1, 0.15) is 13.3 Å². The number of benzene rings is 2. The summed E-state index contributed by atoms with van der Waals surface area (Å²) in [6, 6.07) is 15.0. The lowest BCUT2D eigenvalue weighted by Gasteiger charge is -2.17. The van der Waals surface area contributed by atoms with Crippen LogP contribution in [0.4, 0.5) is 5.69 Å². The summed E-state index contributed by atoms with van der Waals surface area (Å²) in [5.41, 5.74) is 1.24. The Morgan fingerprint density at radius 1 is 1.00 bits per heavy atom. The first-order chi connectivity index (χ1) is 8.85. The fourth-order valence-electron chi connectivity index (χ4n) is 2.28. The Kier molecular flexibility index (Phi) is 4.59. The van der Waals surface area contributed by atoms with Crippen LogP contribution >= 0.6 is 0 Å². The summed E-state index contributed by atoms with van der Waals surface area (Å²) < 4.78 is 0. The fraction of sp³-hybridized carbons (Fsp3) is 0.375. The van der Waals surface area contributed by atoms with Crippen molar-refractivity contribution in [3.63, 3.8) is 0 Å². The Morgan fingerprint density at radius 3 is 2.56 bits per heavy atom. The van der Waals surface area contributed by atoms with Gasteiger partial charge >= 0.3 is 0 Å². The first kappa shape index (κ1) is 12.9. The van der Waals surface area contributed by atoms with Gasteiger partial charge in [-0.15, -0.1) is 0 Å². The second-order valence-corrected chi connectivity index (χ2v) is 4.74. The zero-order valence-electron chi connectivity index (χ0n) is 11.2. The lowest BCUT2D eigenvalue weighted by molar-refractivity contribution is 0.507. The first-order valence-electron chi connectivity index (χ1n) is 6.71. The van der Waals surface area contributed by atoms with E-state index in [9.17, 15) is 0 Å². The summed E-state index contributed by atoms with van der Waals surface area (Å²) in [6.45, 7) is 4.33. The van der Waals surface area contributed by atoms with E-state index in [0.717, 1.165) is 13.1 Å². The minimum Gasteiger partial charge on any atom is -0.384 e. The van der Waals surface area contributed by atoms with E-state index in [1.165, 1.54) is 22.9 Å². The highest BCUT2D eigenvalue weighted by Crippen LogP contribution is 2.23. The Bertz CT molecular complexity index is 488. The van der Waals surface area contributed by atoms with E-state index in [2.05, 4.69) is 60.0 Å². The molecule has 96 valence electrons. The Hall–Kier alpha value is -1.54. The van der Waals surface area contributed by atoms with Gasteiger partial charge in [0, 0.05) is 17.6 Å². The van der Waals surface area contributed by atoms with Gasteiger partial charge in [0.2, 0.25) is 0 Å². The first-order valence-corrected chi connectivity index (χ1v) is 6.71. The molecule has 0 bridgehead atoms. The molecule has 2 rings (SSSR count). The summed E-state index contributed by atoms with van der Waals surface area (Å²) in [6.07, 6.45) is 1.19. The van der Waals surface area contributed by atoms with Crippen molar-refractivity contribution in [2.24, 2.45) is 5.92 Å². The van der Waals surface area contributed by atoms with Crippen molar-refractivity contribution >= 4 is 16.5 Å². The number of rotatable bonds is 6. The number of fused-ring (bicyclic) bond motifs is 1. The Labute approximate surface area is 109 Å². The van der Waals surface area contributed by atoms with Gasteiger partial charge in [-0.2, -0.15) is 0 Å². The normalized spacial score (nSPS) is 12.6. The topological polar surface area (TPSA) is 24.1 Å². The van der Waals surface area contributed by atoms with E-state index in [0.29, 0.717) is 5.92 Å². The van der Waals surface area contributed by atoms with E-state index in [4.69, 9.17) is 0 Å². The largest absolute Gasteiger partial charge is 0.384 e. The third kappa shape index (κ3) is 3.02. The number of hydrogen-bond acceptors (Lipinski definition) is 2. The predicted molar refractivity (Wildman–Crippen MR) is 80.1 cm³/mol. The molecule has 2 heteroatoms. The summed E-state index contributed by atoms with van der Waals surface area (Å²) in [4.78, 5) is 0. The van der Waals surface area contributed by atoms with E-state index >= 15 is 0 Å². The van der Waals surface area contributed by atoms with E-state index < -0.39 is 0 Å². The van der Waals surface area contributed by atoms with Gasteiger partial charge in [-0.3, -0.25) is 0 Å². The van der Waals surface area contributed by atoms with Crippen LogP contribution < -0.4 is 10.6 Å². The van der Waals surface area contributed by atoms with Gasteiger partial charge in [0.1, 0.15) is 0 Å². The van der Waals surface area contributed by atoms with Crippen molar-refractivity contribution in [3.05, 3.63) is 42.5 Å². The van der Waals surface area contributed by atoms with Crippen LogP contribution in [0.25, 0.3) is 10.8 Å². The molecule has 0 saturated heterocycles. The van der Waals surface area contributed by atoms with Gasteiger partial charge in [-0.25, -0.2) is 0 Å². The van der Waals surface area contributed by atoms with Gasteiger partial charge in [0.25, 0.3) is 0 Å². The standard InChI is InChI=1S/C16H22N2/c1-3-13(11-17-2)12-18-16-10-6-8-14-7-4-5-9-15(14)16/h4-10,13,17-18H,3,11-12H2,1-2H3. The molecule has 0 heterocycles. The third-order valence-electron chi connectivity index (χ3n) is 3.44. The fourth-order valence-corrected chi connectivity index (χ4v) is 2.28. The van der Waals surface area contributed by atoms with Crippen LogP contribution in [0.2, 0.25) is 0 Å². The highest BCUT2D eigenvalue weighted by atomic mass is 14.9. The van der Waals surface area contributed by atoms with E-state index in [-0.39, 0.29) is 0 Å². The Balaban J connectivity index is 2.11. The van der Waals surface area contributed by atoms with Gasteiger partial charge in [0.15, 0.2) is 0 Å². The van der Waals surface area contributed by atoms with Crippen LogP contribution in [0.15, 0.2) is 42.5 Å². The molecule has 0 amide bonds. The lowest BCUT2D eigenvalue weighted by atomic mass is 10.1. The molecule has 2 aromatic rings. The van der Waals surface area contributed by atoms with Crippen molar-refractivity contribution in [1.29, 1.82) is 0 Å². The van der Waals surface area contributed by atoms with Crippen LogP contribution in [0.5, 0.6) is 0 Å². The molecule has 2 nitrogen and oxygen atoms in total. The monoisotopic (exact) mass is 242 g/mol. The molecular formula is C16H22N2. The maximum atomic E-state index is 3.58. The molecule has 0 aliphatic heterocycles. The second kappa shape index (κ2) is 6.41. The van der Waals surface area contributed by atoms with Gasteiger partial charge < -0.3 is 10.6 Å². The maximum absolute atomic E-state index is 3.58. The number of anilines is 1. The molecule has 1 atom stereocenters. The lowest BCUT2D eigenvalue weighted by Crippen LogP contribution is -2.24. The molecule has 0 radical (unpaired) electrons. The quantitative estimate of drug-likeness (QED) is 0.810. The smallest absolute Gasteiger partial charge is 0.0419 e. The molecule has 2 aromatic carbocycles. The molecular weight excluding hydrogens is 220 g/mol. The molecule has 2 N–H and O–H groups in total. The minimum absolute atomic E-state index is 0.675. The number of hydrogen-bond donors (Lipinski definition) is 2. The van der Waals surface area contributed by atoms with Gasteiger partial charge in [0.05, 0.1) is 0 Å². The zero-order valence-corrected chi connectivity index (χ0v) is 11.2. The molecule has 0 aliphatic rings. The summed E-state index contributed by atoms with van der Waals surface area (Å²) >= 11 is 0. The van der Waals surface area contributed by atoms with Crippen molar-refractivity contribution in [2.75, 3.05) is 25.5 Å². The molecule has 0 saturated carbocycles. The van der Waals surface area contributed by atoms with Crippen LogP contribution in [-0.2, 0) is 0 Å². The van der Waals surface area contributed by atoms with Gasteiger partial charge in [-0.05, 0) is 31.0 Å². The third-order valence-corrected chi connectivity index (χ3v) is 3.44. The van der Waals surface area contributed by atoms with Crippen molar-refractivity contribution in [3.8, 4) is 0 Å². The van der Waals surface area contributed by atoms with Crippen molar-refractivity contribution in [2.45, 2.75) is 13.3 Å². The predicted octanol–water partition coefficient (Wildman–Crippen LogP) is 3.50. The van der Waals surface area contributed by atoms with E-state index in [1.54, 1.807) is 0 Å². The number of nitrogens with one attached hydrogen (secondary N) is 2. The van der Waals surface area contributed by atoms with Crippen LogP contribution in [0, 0.1) is 5.92 Å². The highest BCUT2D eigenvalue weighted by Gasteiger charge is 2.05. The zero-order chi connectivity index (χ0) is 12.8. The van der Waals surface area contributed by atoms with Crippen LogP contribution in [0.3, 0.4) is 0 Å². The SMILES string of the molecule is CCC(CNC)CNc1cccc2ccccc12. The summed E-state index contributed by atoms with van der Waals surface area (Å²) in [5.74, 6) is 0.675. The van der Waals surface area contributed by atoms with Crippen molar-refractivity contribution in [1.82, 2.24) is 5.32 Å². The van der Waals surface area contributed by atoms with E-state index in [1.807, 2.05) is 7.05 Å². The molecule has 1 unspecified atom stereocenters. The average molecular weight is 242 g/mol. The summed E-state index contributed by atoms with van der Waals surface area (Å²) in [5, 5.41) is 9.44. The molecule has 0 aliphatic carbocycles. The van der Waals surface area contributed by atoms with Gasteiger partial charge in [-0.1, -0.05) is 49.7 Å². The molecule has 18 heavy (non-hydrogen) atoms. The molecule has 0 aromatic heterocycles. The molecule has 0 spiro atoms. The highest BCUT2D eigenvalue weighted by molar-refractivity contribution is 5.93. The maximum Gasteiger partial charge on any atom is 0.0419 e. The van der Waals surface area contributed by atoms with Crippen LogP contribution in [-0.4, -0.2) is 20.1 Å². The average Bonchev–Trinajstić information content (AvgIpc) is 2.43. The Morgan fingerprint density at radius 2 is 1.78 bits per heavy atom. The van der Waals surface area contributed by atoms with Crippen molar-refractivity contribution < 1.29 is 0 Å². The second-order valence-electron chi connectivity index (χ2n) is 4.74. The minimum atomic E-state index is 0.675. The summed E-state index contributed by atoms with van der Waals surface area (Å²) in [7, 11) is 2.01. The molecule has 0 fully saturated rings.